The van der Waals surface area contributed by atoms with Gasteiger partial charge in [0.1, 0.15) is 18.5 Å². The molecule has 6 heteroatoms. The van der Waals surface area contributed by atoms with Crippen LogP contribution in [0.1, 0.15) is 22.7 Å². The van der Waals surface area contributed by atoms with Crippen LogP contribution in [0.25, 0.3) is 0 Å². The number of hydrogen-bond acceptors (Lipinski definition) is 3. The van der Waals surface area contributed by atoms with Crippen molar-refractivity contribution in [1.82, 2.24) is 5.32 Å². The van der Waals surface area contributed by atoms with E-state index in [0.29, 0.717) is 11.1 Å². The zero-order valence-corrected chi connectivity index (χ0v) is 12.6. The van der Waals surface area contributed by atoms with Crippen LogP contribution in [-0.4, -0.2) is 12.0 Å². The van der Waals surface area contributed by atoms with Gasteiger partial charge in [-0.25, -0.2) is 9.18 Å². The molecular formula is C17H17FN2O3. The number of hydrogen-bond donors (Lipinski definition) is 2. The van der Waals surface area contributed by atoms with Crippen molar-refractivity contribution in [3.05, 3.63) is 71.0 Å². The largest absolute Gasteiger partial charge is 0.445 e. The first kappa shape index (κ1) is 16.5. The van der Waals surface area contributed by atoms with E-state index >= 15 is 0 Å². The fourth-order valence-electron chi connectivity index (χ4n) is 2.05. The van der Waals surface area contributed by atoms with E-state index in [1.54, 1.807) is 6.92 Å². The lowest BCUT2D eigenvalue weighted by atomic mass is 10.0. The van der Waals surface area contributed by atoms with Gasteiger partial charge in [-0.1, -0.05) is 42.5 Å². The highest BCUT2D eigenvalue weighted by Gasteiger charge is 2.21. The van der Waals surface area contributed by atoms with Gasteiger partial charge in [-0.15, -0.1) is 0 Å². The molecule has 1 atom stereocenters. The number of rotatable bonds is 5. The predicted molar refractivity (Wildman–Crippen MR) is 82.8 cm³/mol. The van der Waals surface area contributed by atoms with Gasteiger partial charge in [-0.05, 0) is 29.7 Å². The maximum absolute atomic E-state index is 13.3. The third-order valence-electron chi connectivity index (χ3n) is 3.27. The zero-order valence-electron chi connectivity index (χ0n) is 12.6. The number of alkyl carbamates (subject to hydrolysis) is 1. The summed E-state index contributed by atoms with van der Waals surface area (Å²) >= 11 is 0. The Hall–Kier alpha value is -2.89. The van der Waals surface area contributed by atoms with Gasteiger partial charge < -0.3 is 15.8 Å². The van der Waals surface area contributed by atoms with Crippen LogP contribution < -0.4 is 11.1 Å². The van der Waals surface area contributed by atoms with Crippen LogP contribution in [0.15, 0.2) is 48.5 Å². The molecule has 2 rings (SSSR count). The van der Waals surface area contributed by atoms with Gasteiger partial charge in [-0.2, -0.15) is 0 Å². The molecule has 2 aromatic carbocycles. The number of aryl methyl sites for hydroxylation is 1. The average Bonchev–Trinajstić information content (AvgIpc) is 2.54. The summed E-state index contributed by atoms with van der Waals surface area (Å²) in [4.78, 5) is 23.4. The third kappa shape index (κ3) is 4.54. The Balaban J connectivity index is 2.02. The number of carbonyl (C=O) groups excluding carboxylic acids is 2. The lowest BCUT2D eigenvalue weighted by molar-refractivity contribution is -0.120. The summed E-state index contributed by atoms with van der Waals surface area (Å²) in [6.45, 7) is 1.63. The number of halogens is 1. The van der Waals surface area contributed by atoms with Gasteiger partial charge in [0, 0.05) is 0 Å². The van der Waals surface area contributed by atoms with Crippen LogP contribution in [0.3, 0.4) is 0 Å². The van der Waals surface area contributed by atoms with E-state index in [1.807, 2.05) is 30.3 Å². The fourth-order valence-corrected chi connectivity index (χ4v) is 2.05. The average molecular weight is 316 g/mol. The van der Waals surface area contributed by atoms with Crippen molar-refractivity contribution in [2.75, 3.05) is 0 Å². The van der Waals surface area contributed by atoms with Gasteiger partial charge >= 0.3 is 6.09 Å². The number of primary amides is 1. The number of nitrogens with one attached hydrogen (secondary N) is 1. The van der Waals surface area contributed by atoms with Crippen molar-refractivity contribution >= 4 is 12.0 Å². The second kappa shape index (κ2) is 7.40. The molecule has 0 spiro atoms. The third-order valence-corrected chi connectivity index (χ3v) is 3.27. The van der Waals surface area contributed by atoms with Crippen molar-refractivity contribution in [3.8, 4) is 0 Å². The Kier molecular flexibility index (Phi) is 5.30. The normalized spacial score (nSPS) is 11.6. The molecule has 0 aliphatic heterocycles. The highest BCUT2D eigenvalue weighted by atomic mass is 19.1. The van der Waals surface area contributed by atoms with E-state index < -0.39 is 23.9 Å². The summed E-state index contributed by atoms with van der Waals surface area (Å²) in [5, 5.41) is 2.39. The van der Waals surface area contributed by atoms with Gasteiger partial charge in [0.25, 0.3) is 0 Å². The molecule has 3 N–H and O–H groups in total. The molecule has 1 unspecified atom stereocenters. The highest BCUT2D eigenvalue weighted by molar-refractivity contribution is 5.85. The van der Waals surface area contributed by atoms with Gasteiger partial charge in [0.15, 0.2) is 0 Å². The Morgan fingerprint density at radius 1 is 1.22 bits per heavy atom. The van der Waals surface area contributed by atoms with Gasteiger partial charge in [0.2, 0.25) is 5.91 Å². The van der Waals surface area contributed by atoms with E-state index in [4.69, 9.17) is 10.5 Å². The topological polar surface area (TPSA) is 81.4 Å². The second-order valence-corrected chi connectivity index (χ2v) is 5.05. The summed E-state index contributed by atoms with van der Waals surface area (Å²) < 4.78 is 18.4. The minimum absolute atomic E-state index is 0.0700. The monoisotopic (exact) mass is 316 g/mol. The molecular weight excluding hydrogens is 299 g/mol. The smallest absolute Gasteiger partial charge is 0.408 e. The quantitative estimate of drug-likeness (QED) is 0.889. The molecule has 0 saturated heterocycles. The summed E-state index contributed by atoms with van der Waals surface area (Å²) in [5.74, 6) is -1.16. The van der Waals surface area contributed by atoms with Crippen molar-refractivity contribution in [2.45, 2.75) is 19.6 Å². The maximum atomic E-state index is 13.3. The molecule has 0 aromatic heterocycles. The van der Waals surface area contributed by atoms with Crippen molar-refractivity contribution in [3.63, 3.8) is 0 Å². The van der Waals surface area contributed by atoms with Crippen LogP contribution in [-0.2, 0) is 16.1 Å². The van der Waals surface area contributed by atoms with Crippen molar-refractivity contribution in [2.24, 2.45) is 5.73 Å². The van der Waals surface area contributed by atoms with Crippen LogP contribution >= 0.6 is 0 Å². The molecule has 0 fully saturated rings. The molecule has 0 aliphatic rings. The highest BCUT2D eigenvalue weighted by Crippen LogP contribution is 2.17. The molecule has 0 heterocycles. The van der Waals surface area contributed by atoms with Gasteiger partial charge in [-0.3, -0.25) is 4.79 Å². The van der Waals surface area contributed by atoms with Crippen LogP contribution in [0.2, 0.25) is 0 Å². The van der Waals surface area contributed by atoms with Crippen LogP contribution in [0.4, 0.5) is 9.18 Å². The summed E-state index contributed by atoms with van der Waals surface area (Å²) in [5.41, 5.74) is 6.88. The summed E-state index contributed by atoms with van der Waals surface area (Å²) in [6, 6.07) is 12.1. The fraction of sp³-hybridized carbons (Fsp3) is 0.176. The SMILES string of the molecule is Cc1cc(C(NC(=O)OCc2ccccc2)C(N)=O)ccc1F. The van der Waals surface area contributed by atoms with Crippen molar-refractivity contribution < 1.29 is 18.7 Å². The molecule has 120 valence electrons. The van der Waals surface area contributed by atoms with E-state index in [-0.39, 0.29) is 6.61 Å². The Labute approximate surface area is 133 Å². The standard InChI is InChI=1S/C17H17FN2O3/c1-11-9-13(7-8-14(11)18)15(16(19)21)20-17(22)23-10-12-5-3-2-4-6-12/h2-9,15H,10H2,1H3,(H2,19,21)(H,20,22). The molecule has 0 bridgehead atoms. The maximum Gasteiger partial charge on any atom is 0.408 e. The molecule has 2 aromatic rings. The molecule has 0 radical (unpaired) electrons. The van der Waals surface area contributed by atoms with E-state index in [0.717, 1.165) is 5.56 Å². The minimum atomic E-state index is -1.09. The first-order chi connectivity index (χ1) is 11.0. The lowest BCUT2D eigenvalue weighted by Gasteiger charge is -2.16. The summed E-state index contributed by atoms with van der Waals surface area (Å²) in [7, 11) is 0. The molecule has 5 nitrogen and oxygen atoms in total. The number of nitrogens with two attached hydrogens (primary N) is 1. The van der Waals surface area contributed by atoms with Gasteiger partial charge in [0.05, 0.1) is 0 Å². The number of carbonyl (C=O) groups is 2. The Morgan fingerprint density at radius 3 is 2.52 bits per heavy atom. The molecule has 2 amide bonds. The van der Waals surface area contributed by atoms with Crippen LogP contribution in [0, 0.1) is 12.7 Å². The lowest BCUT2D eigenvalue weighted by Crippen LogP contribution is -2.37. The summed E-state index contributed by atoms with van der Waals surface area (Å²) in [6.07, 6.45) is -0.778. The Morgan fingerprint density at radius 2 is 1.91 bits per heavy atom. The van der Waals surface area contributed by atoms with Crippen LogP contribution in [0.5, 0.6) is 0 Å². The minimum Gasteiger partial charge on any atom is -0.445 e. The van der Waals surface area contributed by atoms with E-state index in [1.165, 1.54) is 18.2 Å². The first-order valence-corrected chi connectivity index (χ1v) is 7.00. The van der Waals surface area contributed by atoms with Crippen molar-refractivity contribution in [1.29, 1.82) is 0 Å². The van der Waals surface area contributed by atoms with E-state index in [2.05, 4.69) is 5.32 Å². The number of benzene rings is 2. The second-order valence-electron chi connectivity index (χ2n) is 5.05. The first-order valence-electron chi connectivity index (χ1n) is 7.00. The molecule has 23 heavy (non-hydrogen) atoms. The van der Waals surface area contributed by atoms with E-state index in [9.17, 15) is 14.0 Å². The molecule has 0 saturated carbocycles. The predicted octanol–water partition coefficient (Wildman–Crippen LogP) is 2.59. The number of amides is 2. The zero-order chi connectivity index (χ0) is 16.8. The molecule has 0 aliphatic carbocycles. The number of ether oxygens (including phenoxy) is 1. The Bertz CT molecular complexity index is 704.